The van der Waals surface area contributed by atoms with Gasteiger partial charge in [0, 0.05) is 0 Å². The second kappa shape index (κ2) is 10.8. The summed E-state index contributed by atoms with van der Waals surface area (Å²) in [7, 11) is 0. The van der Waals surface area contributed by atoms with Crippen molar-refractivity contribution in [1.29, 1.82) is 0 Å². The Labute approximate surface area is 165 Å². The van der Waals surface area contributed by atoms with Crippen LogP contribution in [-0.2, 0) is 19.1 Å². The van der Waals surface area contributed by atoms with E-state index in [9.17, 15) is 19.6 Å². The van der Waals surface area contributed by atoms with Gasteiger partial charge in [0.1, 0.15) is 12.8 Å². The number of carbonyl (C=O) groups is 3. The molecule has 0 unspecified atom stereocenters. The van der Waals surface area contributed by atoms with E-state index in [0.717, 1.165) is 18.4 Å². The molecular weight excluding hydrogens is 362 g/mol. The maximum Gasteiger partial charge on any atom is 0.245 e. The van der Waals surface area contributed by atoms with Crippen LogP contribution >= 0.6 is 0 Å². The molecule has 154 valence electrons. The standard InChI is InChI=1S/C20H29N3O5/c1-3-4-8-17(11-22(27)13-24)20(26)23-14-28-12-18(23)19(25)21-15(2)16-9-6-5-7-10-16/h5-7,9-10,13,15,17-18,27H,3-4,8,11-12,14H2,1-2H3,(H,21,25)/t15-,17+,18-/m0/s1. The van der Waals surface area contributed by atoms with Crippen molar-refractivity contribution in [2.45, 2.75) is 45.2 Å². The number of ether oxygens (including phenoxy) is 1. The summed E-state index contributed by atoms with van der Waals surface area (Å²) in [4.78, 5) is 37.9. The lowest BCUT2D eigenvalue weighted by Gasteiger charge is -2.28. The van der Waals surface area contributed by atoms with Crippen LogP contribution in [0.25, 0.3) is 0 Å². The van der Waals surface area contributed by atoms with Gasteiger partial charge in [0.05, 0.1) is 25.1 Å². The van der Waals surface area contributed by atoms with Crippen molar-refractivity contribution in [3.05, 3.63) is 35.9 Å². The van der Waals surface area contributed by atoms with E-state index in [-0.39, 0.29) is 44.1 Å². The summed E-state index contributed by atoms with van der Waals surface area (Å²) in [5, 5.41) is 12.9. The predicted octanol–water partition coefficient (Wildman–Crippen LogP) is 1.70. The number of rotatable bonds is 10. The van der Waals surface area contributed by atoms with E-state index in [0.29, 0.717) is 11.5 Å². The molecule has 0 radical (unpaired) electrons. The molecule has 2 rings (SSSR count). The van der Waals surface area contributed by atoms with Gasteiger partial charge in [-0.25, -0.2) is 5.06 Å². The number of nitrogens with zero attached hydrogens (tertiary/aromatic N) is 2. The van der Waals surface area contributed by atoms with E-state index in [1.54, 1.807) is 0 Å². The summed E-state index contributed by atoms with van der Waals surface area (Å²) in [5.74, 6) is -1.16. The maximum absolute atomic E-state index is 13.0. The van der Waals surface area contributed by atoms with Crippen molar-refractivity contribution >= 4 is 18.2 Å². The van der Waals surface area contributed by atoms with E-state index < -0.39 is 12.0 Å². The molecule has 2 N–H and O–H groups in total. The van der Waals surface area contributed by atoms with Gasteiger partial charge in [-0.1, -0.05) is 50.1 Å². The molecule has 1 saturated heterocycles. The van der Waals surface area contributed by atoms with Crippen molar-refractivity contribution in [1.82, 2.24) is 15.3 Å². The summed E-state index contributed by atoms with van der Waals surface area (Å²) in [6, 6.07) is 8.63. The van der Waals surface area contributed by atoms with E-state index in [2.05, 4.69) is 5.32 Å². The van der Waals surface area contributed by atoms with Crippen molar-refractivity contribution in [2.24, 2.45) is 5.92 Å². The third-order valence-corrected chi connectivity index (χ3v) is 4.91. The molecule has 1 heterocycles. The van der Waals surface area contributed by atoms with Crippen LogP contribution in [0.2, 0.25) is 0 Å². The predicted molar refractivity (Wildman–Crippen MR) is 102 cm³/mol. The second-order valence-electron chi connectivity index (χ2n) is 7.03. The number of unbranched alkanes of at least 4 members (excludes halogenated alkanes) is 1. The van der Waals surface area contributed by atoms with Crippen molar-refractivity contribution in [2.75, 3.05) is 19.9 Å². The van der Waals surface area contributed by atoms with Gasteiger partial charge in [-0.2, -0.15) is 0 Å². The Balaban J connectivity index is 2.05. The highest BCUT2D eigenvalue weighted by atomic mass is 16.5. The first-order valence-electron chi connectivity index (χ1n) is 9.62. The normalized spacial score (nSPS) is 18.4. The minimum atomic E-state index is -0.730. The molecule has 8 heteroatoms. The minimum Gasteiger partial charge on any atom is -0.358 e. The van der Waals surface area contributed by atoms with Gasteiger partial charge in [-0.3, -0.25) is 19.6 Å². The number of nitrogens with one attached hydrogen (secondary N) is 1. The minimum absolute atomic E-state index is 0.0196. The molecule has 3 atom stereocenters. The topological polar surface area (TPSA) is 99.2 Å². The molecule has 0 bridgehead atoms. The smallest absolute Gasteiger partial charge is 0.245 e. The van der Waals surface area contributed by atoms with Crippen LogP contribution in [0.3, 0.4) is 0 Å². The van der Waals surface area contributed by atoms with E-state index in [1.165, 1.54) is 4.90 Å². The van der Waals surface area contributed by atoms with Gasteiger partial charge in [0.15, 0.2) is 0 Å². The highest BCUT2D eigenvalue weighted by Gasteiger charge is 2.38. The Bertz CT molecular complexity index is 655. The lowest BCUT2D eigenvalue weighted by molar-refractivity contribution is -0.158. The lowest BCUT2D eigenvalue weighted by atomic mass is 9.99. The molecule has 0 aromatic heterocycles. The molecular formula is C20H29N3O5. The number of amides is 3. The lowest BCUT2D eigenvalue weighted by Crippen LogP contribution is -2.50. The van der Waals surface area contributed by atoms with Gasteiger partial charge < -0.3 is 15.0 Å². The molecule has 8 nitrogen and oxygen atoms in total. The third-order valence-electron chi connectivity index (χ3n) is 4.91. The zero-order valence-corrected chi connectivity index (χ0v) is 16.4. The SMILES string of the molecule is CCCC[C@H](CN(O)C=O)C(=O)N1COC[C@H]1C(=O)N[C@@H](C)c1ccccc1. The fourth-order valence-corrected chi connectivity index (χ4v) is 3.26. The number of carbonyl (C=O) groups excluding carboxylic acids is 3. The number of hydrogen-bond donors (Lipinski definition) is 2. The van der Waals surface area contributed by atoms with Crippen LogP contribution in [0.5, 0.6) is 0 Å². The average Bonchev–Trinajstić information content (AvgIpc) is 3.21. The molecule has 0 aliphatic carbocycles. The number of benzene rings is 1. The number of hydroxylamine groups is 2. The first-order chi connectivity index (χ1) is 13.5. The van der Waals surface area contributed by atoms with Gasteiger partial charge in [-0.05, 0) is 18.9 Å². The van der Waals surface area contributed by atoms with E-state index in [1.807, 2.05) is 44.2 Å². The zero-order valence-electron chi connectivity index (χ0n) is 16.4. The first-order valence-corrected chi connectivity index (χ1v) is 9.62. The Morgan fingerprint density at radius 2 is 2.11 bits per heavy atom. The van der Waals surface area contributed by atoms with Crippen LogP contribution in [0, 0.1) is 5.92 Å². The third kappa shape index (κ3) is 5.77. The molecule has 1 fully saturated rings. The highest BCUT2D eigenvalue weighted by Crippen LogP contribution is 2.20. The molecule has 1 aromatic rings. The Morgan fingerprint density at radius 1 is 1.39 bits per heavy atom. The largest absolute Gasteiger partial charge is 0.358 e. The van der Waals surface area contributed by atoms with Crippen molar-refractivity contribution in [3.8, 4) is 0 Å². The van der Waals surface area contributed by atoms with E-state index >= 15 is 0 Å². The monoisotopic (exact) mass is 391 g/mol. The fraction of sp³-hybridized carbons (Fsp3) is 0.550. The molecule has 28 heavy (non-hydrogen) atoms. The van der Waals surface area contributed by atoms with Gasteiger partial charge in [-0.15, -0.1) is 0 Å². The van der Waals surface area contributed by atoms with Crippen LogP contribution < -0.4 is 5.32 Å². The maximum atomic E-state index is 13.0. The van der Waals surface area contributed by atoms with Crippen LogP contribution in [0.4, 0.5) is 0 Å². The molecule has 0 saturated carbocycles. The number of hydrogen-bond acceptors (Lipinski definition) is 5. The second-order valence-corrected chi connectivity index (χ2v) is 7.03. The van der Waals surface area contributed by atoms with Crippen LogP contribution in [-0.4, -0.2) is 59.3 Å². The zero-order chi connectivity index (χ0) is 20.5. The van der Waals surface area contributed by atoms with E-state index in [4.69, 9.17) is 4.74 Å². The van der Waals surface area contributed by atoms with Crippen LogP contribution in [0.15, 0.2) is 30.3 Å². The van der Waals surface area contributed by atoms with Gasteiger partial charge in [0.2, 0.25) is 18.2 Å². The van der Waals surface area contributed by atoms with Gasteiger partial charge in [0.25, 0.3) is 0 Å². The van der Waals surface area contributed by atoms with Gasteiger partial charge >= 0.3 is 0 Å². The first kappa shape index (κ1) is 21.8. The molecule has 0 spiro atoms. The van der Waals surface area contributed by atoms with Crippen molar-refractivity contribution in [3.63, 3.8) is 0 Å². The quantitative estimate of drug-likeness (QED) is 0.359. The summed E-state index contributed by atoms with van der Waals surface area (Å²) < 4.78 is 5.38. The molecule has 1 aliphatic heterocycles. The Hall–Kier alpha value is -2.45. The fourth-order valence-electron chi connectivity index (χ4n) is 3.26. The molecule has 1 aliphatic rings. The summed E-state index contributed by atoms with van der Waals surface area (Å²) in [6.45, 7) is 3.92. The molecule has 3 amide bonds. The van der Waals surface area contributed by atoms with Crippen molar-refractivity contribution < 1.29 is 24.3 Å². The average molecular weight is 391 g/mol. The summed E-state index contributed by atoms with van der Waals surface area (Å²) >= 11 is 0. The molecule has 1 aromatic carbocycles. The Kier molecular flexibility index (Phi) is 8.41. The Morgan fingerprint density at radius 3 is 2.75 bits per heavy atom. The summed E-state index contributed by atoms with van der Waals surface area (Å²) in [6.07, 6.45) is 2.45. The van der Waals surface area contributed by atoms with Crippen LogP contribution in [0.1, 0.15) is 44.7 Å². The summed E-state index contributed by atoms with van der Waals surface area (Å²) in [5.41, 5.74) is 0.968. The highest BCUT2D eigenvalue weighted by molar-refractivity contribution is 5.89.